The van der Waals surface area contributed by atoms with Gasteiger partial charge in [-0.3, -0.25) is 0 Å². The van der Waals surface area contributed by atoms with E-state index in [1.807, 2.05) is 6.92 Å². The molecule has 142 valence electrons. The fourth-order valence-electron chi connectivity index (χ4n) is 3.87. The average Bonchev–Trinajstić information content (AvgIpc) is 2.73. The lowest BCUT2D eigenvalue weighted by molar-refractivity contribution is 0.304. The Morgan fingerprint density at radius 2 is 1.67 bits per heavy atom. The minimum absolute atomic E-state index is 0.521. The Kier molecular flexibility index (Phi) is 7.27. The first-order valence-electron chi connectivity index (χ1n) is 10.3. The van der Waals surface area contributed by atoms with E-state index in [-0.39, 0.29) is 0 Å². The fourth-order valence-corrected chi connectivity index (χ4v) is 3.87. The third kappa shape index (κ3) is 5.82. The normalized spacial score (nSPS) is 19.2. The van der Waals surface area contributed by atoms with Crippen LogP contribution in [-0.4, -0.2) is 16.6 Å². The zero-order chi connectivity index (χ0) is 18.9. The van der Waals surface area contributed by atoms with E-state index in [0.717, 1.165) is 17.4 Å². The van der Waals surface area contributed by atoms with Crippen LogP contribution in [0.25, 0.3) is 0 Å². The summed E-state index contributed by atoms with van der Waals surface area (Å²) >= 11 is 0. The highest BCUT2D eigenvalue weighted by atomic mass is 16.5. The predicted molar refractivity (Wildman–Crippen MR) is 110 cm³/mol. The Balaban J connectivity index is 1.55. The Hall–Kier alpha value is -2.34. The van der Waals surface area contributed by atoms with Crippen molar-refractivity contribution in [2.24, 2.45) is 5.92 Å². The molecule has 3 rings (SSSR count). The predicted octanol–water partition coefficient (Wildman–Crippen LogP) is 5.74. The maximum absolute atomic E-state index is 5.35. The van der Waals surface area contributed by atoms with Crippen molar-refractivity contribution in [1.29, 1.82) is 0 Å². The summed E-state index contributed by atoms with van der Waals surface area (Å²) in [5.41, 5.74) is 2.47. The molecule has 0 spiro atoms. The van der Waals surface area contributed by atoms with Gasteiger partial charge in [-0.25, -0.2) is 9.97 Å². The highest BCUT2D eigenvalue weighted by Crippen LogP contribution is 2.37. The van der Waals surface area contributed by atoms with Crippen LogP contribution >= 0.6 is 0 Å². The minimum atomic E-state index is 0.521. The van der Waals surface area contributed by atoms with E-state index in [9.17, 15) is 0 Å². The molecular formula is C24H30N2O. The maximum Gasteiger partial charge on any atom is 0.205 e. The van der Waals surface area contributed by atoms with Crippen LogP contribution in [0, 0.1) is 17.8 Å². The van der Waals surface area contributed by atoms with Gasteiger partial charge in [-0.15, -0.1) is 0 Å². The minimum Gasteiger partial charge on any atom is -0.491 e. The number of unbranched alkanes of at least 4 members (excludes halogenated alkanes) is 1. The van der Waals surface area contributed by atoms with Gasteiger partial charge in [-0.1, -0.05) is 44.2 Å². The first-order valence-corrected chi connectivity index (χ1v) is 10.3. The SMILES string of the molecule is CCCC[C@H]1CC[C@H](c2ccc(C#Cc3ncc(OCC)cn3)cc2)CC1. The van der Waals surface area contributed by atoms with E-state index >= 15 is 0 Å². The van der Waals surface area contributed by atoms with Crippen molar-refractivity contribution in [3.8, 4) is 17.6 Å². The number of nitrogens with zero attached hydrogens (tertiary/aromatic N) is 2. The van der Waals surface area contributed by atoms with E-state index in [4.69, 9.17) is 4.74 Å². The number of hydrogen-bond acceptors (Lipinski definition) is 3. The molecule has 0 amide bonds. The lowest BCUT2D eigenvalue weighted by atomic mass is 9.77. The summed E-state index contributed by atoms with van der Waals surface area (Å²) in [6, 6.07) is 8.75. The number of ether oxygens (including phenoxy) is 1. The molecule has 1 aromatic heterocycles. The second-order valence-electron chi connectivity index (χ2n) is 7.41. The van der Waals surface area contributed by atoms with Gasteiger partial charge < -0.3 is 4.74 Å². The smallest absolute Gasteiger partial charge is 0.205 e. The molecule has 0 atom stereocenters. The zero-order valence-electron chi connectivity index (χ0n) is 16.6. The average molecular weight is 363 g/mol. The molecule has 1 aliphatic carbocycles. The maximum atomic E-state index is 5.35. The summed E-state index contributed by atoms with van der Waals surface area (Å²) in [6.45, 7) is 4.84. The Morgan fingerprint density at radius 3 is 2.30 bits per heavy atom. The van der Waals surface area contributed by atoms with Crippen LogP contribution in [0.15, 0.2) is 36.7 Å². The summed E-state index contributed by atoms with van der Waals surface area (Å²) in [7, 11) is 0. The standard InChI is InChI=1S/C24H30N2O/c1-3-5-6-19-7-12-21(13-8-19)22-14-9-20(10-15-22)11-16-24-25-17-23(18-26-24)27-4-2/h9-10,14-15,17-19,21H,3-8,12-13H2,1-2H3/t19-,21-. The first kappa shape index (κ1) is 19.4. The molecule has 1 heterocycles. The van der Waals surface area contributed by atoms with Crippen molar-refractivity contribution in [3.63, 3.8) is 0 Å². The molecular weight excluding hydrogens is 332 g/mol. The van der Waals surface area contributed by atoms with Gasteiger partial charge >= 0.3 is 0 Å². The van der Waals surface area contributed by atoms with E-state index in [2.05, 4.69) is 53.0 Å². The molecule has 27 heavy (non-hydrogen) atoms. The molecule has 0 saturated heterocycles. The van der Waals surface area contributed by atoms with Crippen LogP contribution < -0.4 is 4.74 Å². The molecule has 1 fully saturated rings. The van der Waals surface area contributed by atoms with Crippen molar-refractivity contribution in [2.75, 3.05) is 6.61 Å². The van der Waals surface area contributed by atoms with Crippen molar-refractivity contribution in [1.82, 2.24) is 9.97 Å². The van der Waals surface area contributed by atoms with Crippen molar-refractivity contribution in [2.45, 2.75) is 64.7 Å². The van der Waals surface area contributed by atoms with Gasteiger partial charge in [-0.2, -0.15) is 0 Å². The zero-order valence-corrected chi connectivity index (χ0v) is 16.6. The van der Waals surface area contributed by atoms with Gasteiger partial charge in [0.05, 0.1) is 19.0 Å². The van der Waals surface area contributed by atoms with Gasteiger partial charge in [0, 0.05) is 5.56 Å². The molecule has 0 bridgehead atoms. The molecule has 0 N–H and O–H groups in total. The van der Waals surface area contributed by atoms with Gasteiger partial charge in [0.2, 0.25) is 5.82 Å². The molecule has 0 aliphatic heterocycles. The molecule has 2 aromatic rings. The largest absolute Gasteiger partial charge is 0.491 e. The number of aromatic nitrogens is 2. The van der Waals surface area contributed by atoms with Gasteiger partial charge in [-0.05, 0) is 68.1 Å². The molecule has 0 unspecified atom stereocenters. The third-order valence-corrected chi connectivity index (χ3v) is 5.45. The van der Waals surface area contributed by atoms with Crippen molar-refractivity contribution < 1.29 is 4.74 Å². The number of benzene rings is 1. The van der Waals surface area contributed by atoms with Crippen molar-refractivity contribution in [3.05, 3.63) is 53.6 Å². The van der Waals surface area contributed by atoms with E-state index in [0.29, 0.717) is 18.2 Å². The van der Waals surface area contributed by atoms with Crippen LogP contribution in [0.3, 0.4) is 0 Å². The lowest BCUT2D eigenvalue weighted by Gasteiger charge is -2.28. The summed E-state index contributed by atoms with van der Waals surface area (Å²) < 4.78 is 5.35. The number of hydrogen-bond donors (Lipinski definition) is 0. The van der Waals surface area contributed by atoms with Crippen LogP contribution in [0.2, 0.25) is 0 Å². The monoisotopic (exact) mass is 362 g/mol. The van der Waals surface area contributed by atoms with Crippen LogP contribution in [-0.2, 0) is 0 Å². The summed E-state index contributed by atoms with van der Waals surface area (Å²) in [5, 5.41) is 0. The third-order valence-electron chi connectivity index (χ3n) is 5.45. The molecule has 1 saturated carbocycles. The second-order valence-corrected chi connectivity index (χ2v) is 7.41. The Labute approximate surface area is 163 Å². The number of rotatable bonds is 6. The fraction of sp³-hybridized carbons (Fsp3) is 0.500. The lowest BCUT2D eigenvalue weighted by Crippen LogP contribution is -2.13. The van der Waals surface area contributed by atoms with Crippen LogP contribution in [0.5, 0.6) is 5.75 Å². The molecule has 3 nitrogen and oxygen atoms in total. The van der Waals surface area contributed by atoms with E-state index in [1.54, 1.807) is 12.4 Å². The van der Waals surface area contributed by atoms with Gasteiger partial charge in [0.15, 0.2) is 5.75 Å². The summed E-state index contributed by atoms with van der Waals surface area (Å²) in [5.74, 6) is 9.06. The van der Waals surface area contributed by atoms with Gasteiger partial charge in [0.25, 0.3) is 0 Å². The second kappa shape index (κ2) is 10.1. The Morgan fingerprint density at radius 1 is 0.963 bits per heavy atom. The first-order chi connectivity index (χ1) is 13.3. The van der Waals surface area contributed by atoms with Gasteiger partial charge in [0.1, 0.15) is 0 Å². The van der Waals surface area contributed by atoms with Crippen LogP contribution in [0.4, 0.5) is 0 Å². The highest BCUT2D eigenvalue weighted by Gasteiger charge is 2.21. The summed E-state index contributed by atoms with van der Waals surface area (Å²) in [6.07, 6.45) is 12.9. The van der Waals surface area contributed by atoms with E-state index < -0.39 is 0 Å². The van der Waals surface area contributed by atoms with Crippen LogP contribution in [0.1, 0.15) is 81.7 Å². The topological polar surface area (TPSA) is 35.0 Å². The Bertz CT molecular complexity index is 748. The molecule has 0 radical (unpaired) electrons. The quantitative estimate of drug-likeness (QED) is 0.615. The molecule has 1 aliphatic rings. The molecule has 1 aromatic carbocycles. The van der Waals surface area contributed by atoms with Crippen molar-refractivity contribution >= 4 is 0 Å². The molecule has 3 heteroatoms. The summed E-state index contributed by atoms with van der Waals surface area (Å²) in [4.78, 5) is 8.44. The van der Waals surface area contributed by atoms with E-state index in [1.165, 1.54) is 50.5 Å². The highest BCUT2D eigenvalue weighted by molar-refractivity contribution is 5.40.